The van der Waals surface area contributed by atoms with Crippen LogP contribution in [-0.4, -0.2) is 28.9 Å². The lowest BCUT2D eigenvalue weighted by Gasteiger charge is -2.18. The highest BCUT2D eigenvalue weighted by Gasteiger charge is 2.24. The number of anilines is 1. The van der Waals surface area contributed by atoms with Crippen LogP contribution in [0.3, 0.4) is 0 Å². The molecule has 3 aromatic rings. The van der Waals surface area contributed by atoms with Crippen molar-refractivity contribution >= 4 is 22.6 Å². The molecule has 1 aromatic carbocycles. The molecule has 2 N–H and O–H groups in total. The lowest BCUT2D eigenvalue weighted by Crippen LogP contribution is -2.27. The van der Waals surface area contributed by atoms with E-state index in [-0.39, 0.29) is 0 Å². The number of aliphatic hydroxyl groups is 1. The fourth-order valence-corrected chi connectivity index (χ4v) is 3.65. The van der Waals surface area contributed by atoms with E-state index in [0.29, 0.717) is 27.9 Å². The van der Waals surface area contributed by atoms with Gasteiger partial charge in [0, 0.05) is 6.42 Å². The van der Waals surface area contributed by atoms with Crippen LogP contribution in [0.4, 0.5) is 9.93 Å². The number of furan rings is 1. The van der Waals surface area contributed by atoms with Crippen LogP contribution in [0.15, 0.2) is 47.1 Å². The standard InChI is InChI=1S/C21H24N2O5S/c1-21(2,3)28-20(25)23-19-22-17(16-9-6-10-27-16)18(29-19)15(24)12-13-7-5-8-14(11-13)26-4/h5-11,15,24H,12H2,1-4H3,(H,22,23,25). The summed E-state index contributed by atoms with van der Waals surface area (Å²) >= 11 is 1.19. The highest BCUT2D eigenvalue weighted by Crippen LogP contribution is 2.37. The third-order valence-electron chi connectivity index (χ3n) is 3.88. The van der Waals surface area contributed by atoms with Crippen molar-refractivity contribution in [1.29, 1.82) is 0 Å². The number of nitrogens with zero attached hydrogens (tertiary/aromatic N) is 1. The van der Waals surface area contributed by atoms with E-state index in [4.69, 9.17) is 13.9 Å². The highest BCUT2D eigenvalue weighted by atomic mass is 32.1. The monoisotopic (exact) mass is 416 g/mol. The zero-order valence-corrected chi connectivity index (χ0v) is 17.6. The fraction of sp³-hybridized carbons (Fsp3) is 0.333. The van der Waals surface area contributed by atoms with E-state index >= 15 is 0 Å². The minimum Gasteiger partial charge on any atom is -0.497 e. The molecule has 154 valence electrons. The van der Waals surface area contributed by atoms with Gasteiger partial charge in [0.2, 0.25) is 0 Å². The Hall–Kier alpha value is -2.84. The molecule has 0 bridgehead atoms. The van der Waals surface area contributed by atoms with Gasteiger partial charge in [0.1, 0.15) is 17.0 Å². The summed E-state index contributed by atoms with van der Waals surface area (Å²) in [4.78, 5) is 17.1. The lowest BCUT2D eigenvalue weighted by molar-refractivity contribution is 0.0636. The van der Waals surface area contributed by atoms with E-state index in [1.807, 2.05) is 24.3 Å². The smallest absolute Gasteiger partial charge is 0.413 e. The van der Waals surface area contributed by atoms with Crippen molar-refractivity contribution in [2.75, 3.05) is 12.4 Å². The number of nitrogens with one attached hydrogen (secondary N) is 1. The van der Waals surface area contributed by atoms with E-state index in [9.17, 15) is 9.90 Å². The molecule has 7 nitrogen and oxygen atoms in total. The third kappa shape index (κ3) is 5.58. The van der Waals surface area contributed by atoms with Crippen molar-refractivity contribution in [2.24, 2.45) is 0 Å². The van der Waals surface area contributed by atoms with Gasteiger partial charge in [0.25, 0.3) is 0 Å². The van der Waals surface area contributed by atoms with E-state index in [1.54, 1.807) is 40.0 Å². The van der Waals surface area contributed by atoms with Gasteiger partial charge in [0.05, 0.1) is 24.4 Å². The molecular formula is C21H24N2O5S. The Kier molecular flexibility index (Phi) is 6.24. The molecule has 1 unspecified atom stereocenters. The number of carbonyl (C=O) groups is 1. The summed E-state index contributed by atoms with van der Waals surface area (Å²) in [6, 6.07) is 11.0. The Labute approximate surface area is 173 Å². The zero-order valence-electron chi connectivity index (χ0n) is 16.8. The van der Waals surface area contributed by atoms with Gasteiger partial charge in [-0.1, -0.05) is 23.5 Å². The first-order chi connectivity index (χ1) is 13.7. The predicted octanol–water partition coefficient (Wildman–Crippen LogP) is 5.03. The minimum absolute atomic E-state index is 0.324. The van der Waals surface area contributed by atoms with Crippen molar-refractivity contribution in [3.63, 3.8) is 0 Å². The summed E-state index contributed by atoms with van der Waals surface area (Å²) in [7, 11) is 1.60. The second-order valence-corrected chi connectivity index (χ2v) is 8.44. The van der Waals surface area contributed by atoms with E-state index in [0.717, 1.165) is 11.3 Å². The molecule has 3 rings (SSSR count). The molecule has 8 heteroatoms. The number of hydrogen-bond donors (Lipinski definition) is 2. The maximum Gasteiger partial charge on any atom is 0.413 e. The Morgan fingerprint density at radius 3 is 2.76 bits per heavy atom. The van der Waals surface area contributed by atoms with Crippen LogP contribution in [0.2, 0.25) is 0 Å². The number of ether oxygens (including phenoxy) is 2. The van der Waals surface area contributed by atoms with Gasteiger partial charge in [-0.05, 0) is 50.6 Å². The van der Waals surface area contributed by atoms with Gasteiger partial charge in [-0.3, -0.25) is 5.32 Å². The Balaban J connectivity index is 1.85. The number of carbonyl (C=O) groups excluding carboxylic acids is 1. The summed E-state index contributed by atoms with van der Waals surface area (Å²) in [6.07, 6.45) is 0.451. The Morgan fingerprint density at radius 1 is 1.31 bits per heavy atom. The molecule has 0 saturated heterocycles. The van der Waals surface area contributed by atoms with Gasteiger partial charge in [-0.2, -0.15) is 0 Å². The summed E-state index contributed by atoms with van der Waals surface area (Å²) in [5.74, 6) is 1.23. The first-order valence-corrected chi connectivity index (χ1v) is 9.92. The van der Waals surface area contributed by atoms with E-state index in [1.165, 1.54) is 17.6 Å². The van der Waals surface area contributed by atoms with Gasteiger partial charge in [0.15, 0.2) is 10.9 Å². The number of rotatable bonds is 6. The van der Waals surface area contributed by atoms with Crippen LogP contribution in [0.25, 0.3) is 11.5 Å². The Morgan fingerprint density at radius 2 is 2.10 bits per heavy atom. The molecular weight excluding hydrogens is 392 g/mol. The molecule has 0 saturated carbocycles. The normalized spacial score (nSPS) is 12.4. The molecule has 0 aliphatic carbocycles. The van der Waals surface area contributed by atoms with Gasteiger partial charge >= 0.3 is 6.09 Å². The quantitative estimate of drug-likeness (QED) is 0.585. The molecule has 29 heavy (non-hydrogen) atoms. The molecule has 0 fully saturated rings. The Bertz CT molecular complexity index is 960. The third-order valence-corrected chi connectivity index (χ3v) is 4.95. The van der Waals surface area contributed by atoms with Gasteiger partial charge in [-0.15, -0.1) is 0 Å². The van der Waals surface area contributed by atoms with Crippen molar-refractivity contribution in [3.8, 4) is 17.2 Å². The van der Waals surface area contributed by atoms with Crippen LogP contribution in [0.1, 0.15) is 37.3 Å². The predicted molar refractivity (Wildman–Crippen MR) is 111 cm³/mol. The lowest BCUT2D eigenvalue weighted by atomic mass is 10.1. The van der Waals surface area contributed by atoms with Crippen LogP contribution in [0, 0.1) is 0 Å². The number of amides is 1. The number of hydrogen-bond acceptors (Lipinski definition) is 7. The van der Waals surface area contributed by atoms with Crippen molar-refractivity contribution in [3.05, 3.63) is 53.1 Å². The van der Waals surface area contributed by atoms with Crippen LogP contribution in [-0.2, 0) is 11.2 Å². The number of thiazole rings is 1. The summed E-state index contributed by atoms with van der Waals surface area (Å²) in [5.41, 5.74) is 0.777. The molecule has 0 spiro atoms. The average molecular weight is 416 g/mol. The summed E-state index contributed by atoms with van der Waals surface area (Å²) < 4.78 is 16.0. The highest BCUT2D eigenvalue weighted by molar-refractivity contribution is 7.16. The van der Waals surface area contributed by atoms with E-state index < -0.39 is 17.8 Å². The molecule has 1 atom stereocenters. The number of aromatic nitrogens is 1. The first-order valence-electron chi connectivity index (χ1n) is 9.11. The maximum atomic E-state index is 12.1. The van der Waals surface area contributed by atoms with Crippen molar-refractivity contribution < 1.29 is 23.8 Å². The van der Waals surface area contributed by atoms with Gasteiger partial charge < -0.3 is 19.0 Å². The topological polar surface area (TPSA) is 93.8 Å². The molecule has 0 radical (unpaired) electrons. The molecule has 0 aliphatic heterocycles. The van der Waals surface area contributed by atoms with Crippen LogP contribution in [0.5, 0.6) is 5.75 Å². The number of methoxy groups -OCH3 is 1. The maximum absolute atomic E-state index is 12.1. The second-order valence-electron chi connectivity index (χ2n) is 7.41. The second kappa shape index (κ2) is 8.67. The fourth-order valence-electron chi connectivity index (χ4n) is 2.71. The summed E-state index contributed by atoms with van der Waals surface area (Å²) in [6.45, 7) is 5.35. The van der Waals surface area contributed by atoms with Crippen LogP contribution >= 0.6 is 11.3 Å². The SMILES string of the molecule is COc1cccc(CC(O)c2sc(NC(=O)OC(C)(C)C)nc2-c2ccco2)c1. The number of benzene rings is 1. The van der Waals surface area contributed by atoms with E-state index in [2.05, 4.69) is 10.3 Å². The molecule has 1 amide bonds. The summed E-state index contributed by atoms with van der Waals surface area (Å²) in [5, 5.41) is 13.9. The van der Waals surface area contributed by atoms with Gasteiger partial charge in [-0.25, -0.2) is 9.78 Å². The zero-order chi connectivity index (χ0) is 21.0. The first kappa shape index (κ1) is 20.9. The minimum atomic E-state index is -0.839. The van der Waals surface area contributed by atoms with Crippen molar-refractivity contribution in [2.45, 2.75) is 38.9 Å². The van der Waals surface area contributed by atoms with Crippen molar-refractivity contribution in [1.82, 2.24) is 4.98 Å². The molecule has 2 heterocycles. The molecule has 0 aliphatic rings. The number of aliphatic hydroxyl groups excluding tert-OH is 1. The average Bonchev–Trinajstić information content (AvgIpc) is 3.29. The largest absolute Gasteiger partial charge is 0.497 e. The van der Waals surface area contributed by atoms with Crippen LogP contribution < -0.4 is 10.1 Å². The molecule has 2 aromatic heterocycles.